The predicted molar refractivity (Wildman–Crippen MR) is 107 cm³/mol. The number of amides is 2. The molecule has 0 N–H and O–H groups in total. The summed E-state index contributed by atoms with van der Waals surface area (Å²) in [5.74, 6) is 0.611. The number of likely N-dealkylation sites (tertiary alicyclic amines) is 2. The lowest BCUT2D eigenvalue weighted by Gasteiger charge is -2.29. The molecule has 0 aromatic heterocycles. The first-order valence-electron chi connectivity index (χ1n) is 9.55. The van der Waals surface area contributed by atoms with Crippen molar-refractivity contribution in [3.63, 3.8) is 0 Å². The predicted octanol–water partition coefficient (Wildman–Crippen LogP) is 3.81. The van der Waals surface area contributed by atoms with Gasteiger partial charge in [0.25, 0.3) is 0 Å². The summed E-state index contributed by atoms with van der Waals surface area (Å²) in [5, 5.41) is 0.639. The standard InChI is InChI=1S/C22H23ClN2O3/c1-28-18-10-6-16(7-11-18)19-3-2-12-24(19)20-13-21(26)25(22(20)27)14-15-4-8-17(23)9-5-15/h4-11,19-20H,2-3,12-14H2,1H3/t19-,20+/m1/s1. The fourth-order valence-corrected chi connectivity index (χ4v) is 4.34. The van der Waals surface area contributed by atoms with Crippen LogP contribution in [0.5, 0.6) is 5.75 Å². The lowest BCUT2D eigenvalue weighted by atomic mass is 10.0. The van der Waals surface area contributed by atoms with Gasteiger partial charge in [-0.15, -0.1) is 0 Å². The second-order valence-electron chi connectivity index (χ2n) is 7.33. The Labute approximate surface area is 169 Å². The van der Waals surface area contributed by atoms with Crippen molar-refractivity contribution in [3.05, 3.63) is 64.7 Å². The molecule has 2 atom stereocenters. The van der Waals surface area contributed by atoms with E-state index in [0.717, 1.165) is 36.3 Å². The molecular formula is C22H23ClN2O3. The Kier molecular flexibility index (Phi) is 5.38. The summed E-state index contributed by atoms with van der Waals surface area (Å²) in [6, 6.07) is 15.0. The Morgan fingerprint density at radius 1 is 1.04 bits per heavy atom. The van der Waals surface area contributed by atoms with Gasteiger partial charge in [0.2, 0.25) is 11.8 Å². The van der Waals surface area contributed by atoms with Crippen molar-refractivity contribution in [2.75, 3.05) is 13.7 Å². The van der Waals surface area contributed by atoms with Gasteiger partial charge < -0.3 is 4.74 Å². The normalized spacial score (nSPS) is 22.9. The van der Waals surface area contributed by atoms with Crippen LogP contribution in [0.1, 0.15) is 36.4 Å². The molecule has 2 aliphatic heterocycles. The monoisotopic (exact) mass is 398 g/mol. The van der Waals surface area contributed by atoms with Gasteiger partial charge in [0.05, 0.1) is 26.1 Å². The molecule has 6 heteroatoms. The molecule has 2 aliphatic rings. The molecule has 28 heavy (non-hydrogen) atoms. The van der Waals surface area contributed by atoms with Crippen LogP contribution in [0, 0.1) is 0 Å². The number of methoxy groups -OCH3 is 1. The van der Waals surface area contributed by atoms with Gasteiger partial charge in [-0.1, -0.05) is 35.9 Å². The van der Waals surface area contributed by atoms with E-state index in [0.29, 0.717) is 11.6 Å². The first-order valence-corrected chi connectivity index (χ1v) is 9.93. The molecule has 0 bridgehead atoms. The van der Waals surface area contributed by atoms with Gasteiger partial charge in [-0.25, -0.2) is 0 Å². The Balaban J connectivity index is 1.50. The van der Waals surface area contributed by atoms with Crippen molar-refractivity contribution in [1.29, 1.82) is 0 Å². The number of carbonyl (C=O) groups is 2. The van der Waals surface area contributed by atoms with Gasteiger partial charge in [-0.2, -0.15) is 0 Å². The first kappa shape index (κ1) is 19.0. The minimum Gasteiger partial charge on any atom is -0.497 e. The topological polar surface area (TPSA) is 49.9 Å². The molecule has 0 saturated carbocycles. The van der Waals surface area contributed by atoms with Crippen molar-refractivity contribution in [3.8, 4) is 5.75 Å². The third-order valence-electron chi connectivity index (χ3n) is 5.67. The molecule has 4 rings (SSSR count). The number of imide groups is 1. The van der Waals surface area contributed by atoms with Crippen molar-refractivity contribution in [2.24, 2.45) is 0 Å². The summed E-state index contributed by atoms with van der Waals surface area (Å²) >= 11 is 5.93. The van der Waals surface area contributed by atoms with Gasteiger partial charge in [-0.05, 0) is 54.8 Å². The van der Waals surface area contributed by atoms with Crippen LogP contribution < -0.4 is 4.74 Å². The summed E-state index contributed by atoms with van der Waals surface area (Å²) in [5.41, 5.74) is 2.06. The minimum atomic E-state index is -0.380. The fourth-order valence-electron chi connectivity index (χ4n) is 4.21. The van der Waals surface area contributed by atoms with Gasteiger partial charge in [0, 0.05) is 11.1 Å². The van der Waals surface area contributed by atoms with Crippen LogP contribution in [0.25, 0.3) is 0 Å². The number of rotatable bonds is 5. The molecule has 0 radical (unpaired) electrons. The largest absolute Gasteiger partial charge is 0.497 e. The number of halogens is 1. The summed E-state index contributed by atoms with van der Waals surface area (Å²) in [6.07, 6.45) is 2.26. The van der Waals surface area contributed by atoms with Crippen molar-refractivity contribution >= 4 is 23.4 Å². The van der Waals surface area contributed by atoms with E-state index in [4.69, 9.17) is 16.3 Å². The van der Waals surface area contributed by atoms with Gasteiger partial charge in [-0.3, -0.25) is 19.4 Å². The highest BCUT2D eigenvalue weighted by atomic mass is 35.5. The van der Waals surface area contributed by atoms with Crippen molar-refractivity contribution in [1.82, 2.24) is 9.80 Å². The van der Waals surface area contributed by atoms with Gasteiger partial charge in [0.15, 0.2) is 0 Å². The van der Waals surface area contributed by atoms with E-state index < -0.39 is 0 Å². The molecular weight excluding hydrogens is 376 g/mol. The molecule has 0 spiro atoms. The van der Waals surface area contributed by atoms with Crippen LogP contribution in [0.15, 0.2) is 48.5 Å². The average Bonchev–Trinajstić information content (AvgIpc) is 3.30. The average molecular weight is 399 g/mol. The van der Waals surface area contributed by atoms with E-state index >= 15 is 0 Å². The summed E-state index contributed by atoms with van der Waals surface area (Å²) in [7, 11) is 1.65. The zero-order chi connectivity index (χ0) is 19.7. The van der Waals surface area contributed by atoms with Crippen LogP contribution in [0.4, 0.5) is 0 Å². The van der Waals surface area contributed by atoms with Crippen LogP contribution in [-0.4, -0.2) is 41.3 Å². The Hall–Kier alpha value is -2.37. The second-order valence-corrected chi connectivity index (χ2v) is 7.77. The number of hydrogen-bond acceptors (Lipinski definition) is 4. The van der Waals surface area contributed by atoms with E-state index in [9.17, 15) is 9.59 Å². The quantitative estimate of drug-likeness (QED) is 0.718. The van der Waals surface area contributed by atoms with Crippen molar-refractivity contribution < 1.29 is 14.3 Å². The first-order chi connectivity index (χ1) is 13.6. The van der Waals surface area contributed by atoms with E-state index in [-0.39, 0.29) is 30.3 Å². The van der Waals surface area contributed by atoms with Gasteiger partial charge >= 0.3 is 0 Å². The van der Waals surface area contributed by atoms with Crippen LogP contribution >= 0.6 is 11.6 Å². The van der Waals surface area contributed by atoms with Gasteiger partial charge in [0.1, 0.15) is 5.75 Å². The van der Waals surface area contributed by atoms with E-state index in [1.54, 1.807) is 19.2 Å². The van der Waals surface area contributed by atoms with Crippen LogP contribution in [0.3, 0.4) is 0 Å². The third kappa shape index (κ3) is 3.64. The number of nitrogens with zero attached hydrogens (tertiary/aromatic N) is 2. The van der Waals surface area contributed by atoms with E-state index in [2.05, 4.69) is 17.0 Å². The van der Waals surface area contributed by atoms with E-state index in [1.165, 1.54) is 4.90 Å². The smallest absolute Gasteiger partial charge is 0.247 e. The third-order valence-corrected chi connectivity index (χ3v) is 5.92. The summed E-state index contributed by atoms with van der Waals surface area (Å²) in [6.45, 7) is 1.13. The lowest BCUT2D eigenvalue weighted by molar-refractivity contribution is -0.140. The summed E-state index contributed by atoms with van der Waals surface area (Å²) < 4.78 is 5.24. The number of ether oxygens (including phenoxy) is 1. The van der Waals surface area contributed by atoms with Crippen molar-refractivity contribution in [2.45, 2.75) is 37.9 Å². The maximum Gasteiger partial charge on any atom is 0.247 e. The SMILES string of the molecule is COc1ccc([C@H]2CCCN2[C@H]2CC(=O)N(Cc3ccc(Cl)cc3)C2=O)cc1. The molecule has 2 saturated heterocycles. The van der Waals surface area contributed by atoms with Crippen LogP contribution in [0.2, 0.25) is 5.02 Å². The second kappa shape index (κ2) is 7.94. The molecule has 0 unspecified atom stereocenters. The maximum atomic E-state index is 13.1. The highest BCUT2D eigenvalue weighted by molar-refractivity contribution is 6.30. The van der Waals surface area contributed by atoms with Crippen LogP contribution in [-0.2, 0) is 16.1 Å². The highest BCUT2D eigenvalue weighted by Gasteiger charge is 2.45. The Morgan fingerprint density at radius 2 is 1.75 bits per heavy atom. The Morgan fingerprint density at radius 3 is 2.43 bits per heavy atom. The molecule has 5 nitrogen and oxygen atoms in total. The molecule has 2 aromatic carbocycles. The minimum absolute atomic E-state index is 0.0969. The molecule has 2 aromatic rings. The Bertz CT molecular complexity index is 866. The zero-order valence-electron chi connectivity index (χ0n) is 15.8. The maximum absolute atomic E-state index is 13.1. The number of hydrogen-bond donors (Lipinski definition) is 0. The molecule has 0 aliphatic carbocycles. The fraction of sp³-hybridized carbons (Fsp3) is 0.364. The molecule has 2 fully saturated rings. The molecule has 146 valence electrons. The zero-order valence-corrected chi connectivity index (χ0v) is 16.6. The molecule has 2 amide bonds. The summed E-state index contributed by atoms with van der Waals surface area (Å²) in [4.78, 5) is 29.2. The number of benzene rings is 2. The number of carbonyl (C=O) groups excluding carboxylic acids is 2. The lowest BCUT2D eigenvalue weighted by Crippen LogP contribution is -2.41. The highest BCUT2D eigenvalue weighted by Crippen LogP contribution is 2.37. The molecule has 2 heterocycles. The van der Waals surface area contributed by atoms with E-state index in [1.807, 2.05) is 24.3 Å².